The number of likely N-dealkylation sites (tertiary alicyclic amines) is 1. The van der Waals surface area contributed by atoms with Crippen molar-refractivity contribution < 1.29 is 0 Å². The van der Waals surface area contributed by atoms with Crippen molar-refractivity contribution in [3.05, 3.63) is 12.7 Å². The maximum atomic E-state index is 4.44. The van der Waals surface area contributed by atoms with Gasteiger partial charge in [-0.1, -0.05) is 12.5 Å². The number of allylic oxidation sites excluding steroid dienone is 1. The Bertz CT molecular complexity index is 357. The van der Waals surface area contributed by atoms with E-state index in [1.807, 2.05) is 13.1 Å². The molecule has 0 bridgehead atoms. The van der Waals surface area contributed by atoms with Crippen LogP contribution in [0.1, 0.15) is 52.4 Å². The Kier molecular flexibility index (Phi) is 13.8. The molecule has 1 unspecified atom stereocenters. The van der Waals surface area contributed by atoms with Crippen LogP contribution >= 0.6 is 24.0 Å². The summed E-state index contributed by atoms with van der Waals surface area (Å²) in [6.07, 6.45) is 9.52. The molecule has 5 heteroatoms. The van der Waals surface area contributed by atoms with Crippen molar-refractivity contribution in [3.63, 3.8) is 0 Å². The largest absolute Gasteiger partial charge is 0.356 e. The minimum Gasteiger partial charge on any atom is -0.356 e. The van der Waals surface area contributed by atoms with Crippen molar-refractivity contribution >= 4 is 29.9 Å². The van der Waals surface area contributed by atoms with Gasteiger partial charge in [-0.3, -0.25) is 4.99 Å². The lowest BCUT2D eigenvalue weighted by Gasteiger charge is -2.36. The van der Waals surface area contributed by atoms with E-state index in [1.54, 1.807) is 0 Å². The van der Waals surface area contributed by atoms with E-state index in [4.69, 9.17) is 0 Å². The summed E-state index contributed by atoms with van der Waals surface area (Å²) in [6.45, 7) is 13.0. The average Bonchev–Trinajstić information content (AvgIpc) is 2.55. The fraction of sp³-hybridized carbons (Fsp3) is 0.842. The fourth-order valence-electron chi connectivity index (χ4n) is 3.27. The standard InChI is InChI=1S/C19H38N4.HI/c1-6-7-8-9-10-13-22(5)19(20-4)21-15-18-12-11-14-23(16-18)17(2)3;/h6,17-18H,1,7-16H2,2-5H3,(H,20,21);1H. The van der Waals surface area contributed by atoms with Crippen LogP contribution in [0.5, 0.6) is 0 Å². The Morgan fingerprint density at radius 1 is 1.38 bits per heavy atom. The third-order valence-electron chi connectivity index (χ3n) is 4.80. The minimum absolute atomic E-state index is 0. The molecule has 0 aliphatic carbocycles. The lowest BCUT2D eigenvalue weighted by molar-refractivity contribution is 0.140. The third-order valence-corrected chi connectivity index (χ3v) is 4.80. The van der Waals surface area contributed by atoms with Crippen LogP contribution in [-0.4, -0.2) is 62.1 Å². The van der Waals surface area contributed by atoms with Crippen LogP contribution in [0.25, 0.3) is 0 Å². The van der Waals surface area contributed by atoms with Crippen molar-refractivity contribution in [2.75, 3.05) is 40.3 Å². The molecule has 1 aliphatic heterocycles. The molecule has 0 saturated carbocycles. The van der Waals surface area contributed by atoms with Gasteiger partial charge in [-0.25, -0.2) is 0 Å². The highest BCUT2D eigenvalue weighted by Gasteiger charge is 2.21. The average molecular weight is 450 g/mol. The highest BCUT2D eigenvalue weighted by atomic mass is 127. The maximum Gasteiger partial charge on any atom is 0.193 e. The number of unbranched alkanes of at least 4 members (excludes halogenated alkanes) is 3. The van der Waals surface area contributed by atoms with E-state index >= 15 is 0 Å². The smallest absolute Gasteiger partial charge is 0.193 e. The minimum atomic E-state index is 0. The monoisotopic (exact) mass is 450 g/mol. The Balaban J connectivity index is 0.00000529. The molecule has 0 spiro atoms. The van der Waals surface area contributed by atoms with E-state index in [0.717, 1.165) is 31.4 Å². The van der Waals surface area contributed by atoms with Crippen LogP contribution < -0.4 is 5.32 Å². The van der Waals surface area contributed by atoms with E-state index in [1.165, 1.54) is 45.2 Å². The molecular formula is C19H39IN4. The van der Waals surface area contributed by atoms with E-state index in [0.29, 0.717) is 6.04 Å². The predicted octanol–water partition coefficient (Wildman–Crippen LogP) is 3.98. The van der Waals surface area contributed by atoms with Crippen molar-refractivity contribution in [3.8, 4) is 0 Å². The zero-order valence-electron chi connectivity index (χ0n) is 16.3. The van der Waals surface area contributed by atoms with Gasteiger partial charge in [0.2, 0.25) is 0 Å². The van der Waals surface area contributed by atoms with Crippen LogP contribution in [0.4, 0.5) is 0 Å². The first kappa shape index (κ1) is 23.7. The van der Waals surface area contributed by atoms with Gasteiger partial charge in [-0.05, 0) is 58.4 Å². The van der Waals surface area contributed by atoms with Gasteiger partial charge in [0.05, 0.1) is 0 Å². The number of piperidine rings is 1. The number of nitrogens with one attached hydrogen (secondary N) is 1. The number of guanidine groups is 1. The normalized spacial score (nSPS) is 19.0. The van der Waals surface area contributed by atoms with Gasteiger partial charge >= 0.3 is 0 Å². The molecule has 0 aromatic carbocycles. The van der Waals surface area contributed by atoms with Gasteiger partial charge < -0.3 is 15.1 Å². The Hall–Kier alpha value is -0.300. The summed E-state index contributed by atoms with van der Waals surface area (Å²) in [5.74, 6) is 1.78. The van der Waals surface area contributed by atoms with Crippen LogP contribution in [0.3, 0.4) is 0 Å². The number of hydrogen-bond donors (Lipinski definition) is 1. The summed E-state index contributed by atoms with van der Waals surface area (Å²) in [5, 5.41) is 3.58. The molecule has 142 valence electrons. The molecule has 1 aliphatic rings. The summed E-state index contributed by atoms with van der Waals surface area (Å²) >= 11 is 0. The maximum absolute atomic E-state index is 4.44. The van der Waals surface area contributed by atoms with E-state index < -0.39 is 0 Å². The molecular weight excluding hydrogens is 411 g/mol. The fourth-order valence-corrected chi connectivity index (χ4v) is 3.27. The van der Waals surface area contributed by atoms with E-state index in [-0.39, 0.29) is 24.0 Å². The molecule has 1 saturated heterocycles. The predicted molar refractivity (Wildman–Crippen MR) is 118 cm³/mol. The molecule has 1 heterocycles. The molecule has 0 aromatic rings. The van der Waals surface area contributed by atoms with Gasteiger partial charge in [-0.2, -0.15) is 0 Å². The first-order chi connectivity index (χ1) is 11.1. The molecule has 4 nitrogen and oxygen atoms in total. The van der Waals surface area contributed by atoms with Crippen molar-refractivity contribution in [2.24, 2.45) is 10.9 Å². The van der Waals surface area contributed by atoms with Gasteiger partial charge in [-0.15, -0.1) is 30.6 Å². The lowest BCUT2D eigenvalue weighted by Crippen LogP contribution is -2.46. The Labute approximate surface area is 167 Å². The summed E-state index contributed by atoms with van der Waals surface area (Å²) in [7, 11) is 4.03. The lowest BCUT2D eigenvalue weighted by atomic mass is 9.97. The summed E-state index contributed by atoms with van der Waals surface area (Å²) in [5.41, 5.74) is 0. The van der Waals surface area contributed by atoms with Gasteiger partial charge in [0, 0.05) is 39.8 Å². The SMILES string of the molecule is C=CCCCCCN(C)C(=NC)NCC1CCCN(C(C)C)C1.I. The summed E-state index contributed by atoms with van der Waals surface area (Å²) in [6, 6.07) is 0.662. The van der Waals surface area contributed by atoms with Gasteiger partial charge in [0.25, 0.3) is 0 Å². The summed E-state index contributed by atoms with van der Waals surface area (Å²) < 4.78 is 0. The van der Waals surface area contributed by atoms with Crippen LogP contribution in [0.2, 0.25) is 0 Å². The molecule has 0 radical (unpaired) electrons. The number of halogens is 1. The highest BCUT2D eigenvalue weighted by Crippen LogP contribution is 2.17. The molecule has 0 amide bonds. The molecule has 1 atom stereocenters. The van der Waals surface area contributed by atoms with Crippen molar-refractivity contribution in [1.29, 1.82) is 0 Å². The van der Waals surface area contributed by atoms with Crippen molar-refractivity contribution in [1.82, 2.24) is 15.1 Å². The quantitative estimate of drug-likeness (QED) is 0.190. The Morgan fingerprint density at radius 2 is 2.12 bits per heavy atom. The number of aliphatic imine (C=N–C) groups is 1. The number of nitrogens with zero attached hydrogens (tertiary/aromatic N) is 3. The van der Waals surface area contributed by atoms with Crippen LogP contribution in [0.15, 0.2) is 17.6 Å². The summed E-state index contributed by atoms with van der Waals surface area (Å²) in [4.78, 5) is 9.30. The van der Waals surface area contributed by atoms with Crippen LogP contribution in [0, 0.1) is 5.92 Å². The number of rotatable bonds is 9. The van der Waals surface area contributed by atoms with Crippen LogP contribution in [-0.2, 0) is 0 Å². The second-order valence-corrected chi connectivity index (χ2v) is 7.08. The van der Waals surface area contributed by atoms with Gasteiger partial charge in [0.15, 0.2) is 5.96 Å². The number of hydrogen-bond acceptors (Lipinski definition) is 2. The molecule has 24 heavy (non-hydrogen) atoms. The molecule has 1 N–H and O–H groups in total. The second kappa shape index (κ2) is 13.9. The van der Waals surface area contributed by atoms with E-state index in [9.17, 15) is 0 Å². The topological polar surface area (TPSA) is 30.9 Å². The zero-order valence-corrected chi connectivity index (χ0v) is 18.6. The first-order valence-electron chi connectivity index (χ1n) is 9.35. The zero-order chi connectivity index (χ0) is 17.1. The second-order valence-electron chi connectivity index (χ2n) is 7.08. The third kappa shape index (κ3) is 9.25. The van der Waals surface area contributed by atoms with E-state index in [2.05, 4.69) is 47.6 Å². The first-order valence-corrected chi connectivity index (χ1v) is 9.35. The molecule has 1 rings (SSSR count). The van der Waals surface area contributed by atoms with Gasteiger partial charge in [0.1, 0.15) is 0 Å². The van der Waals surface area contributed by atoms with Crippen molar-refractivity contribution in [2.45, 2.75) is 58.4 Å². The Morgan fingerprint density at radius 3 is 2.75 bits per heavy atom. The molecule has 1 fully saturated rings. The molecule has 0 aromatic heterocycles. The highest BCUT2D eigenvalue weighted by molar-refractivity contribution is 14.0.